The summed E-state index contributed by atoms with van der Waals surface area (Å²) < 4.78 is 3.96. The van der Waals surface area contributed by atoms with Crippen molar-refractivity contribution in [2.45, 2.75) is 26.9 Å². The van der Waals surface area contributed by atoms with Gasteiger partial charge in [-0.15, -0.1) is 0 Å². The lowest BCUT2D eigenvalue weighted by atomic mass is 10.4. The van der Waals surface area contributed by atoms with Gasteiger partial charge in [0.1, 0.15) is 5.82 Å². The van der Waals surface area contributed by atoms with E-state index in [1.165, 1.54) is 0 Å². The van der Waals surface area contributed by atoms with Crippen LogP contribution >= 0.6 is 0 Å². The van der Waals surface area contributed by atoms with E-state index in [0.29, 0.717) is 0 Å². The number of hydrogen-bond acceptors (Lipinski definition) is 3. The number of aromatic nitrogens is 4. The molecule has 0 atom stereocenters. The Morgan fingerprint density at radius 2 is 2.13 bits per heavy atom. The highest BCUT2D eigenvalue weighted by Crippen LogP contribution is 2.06. The van der Waals surface area contributed by atoms with Gasteiger partial charge in [0.05, 0.1) is 17.9 Å². The fourth-order valence-electron chi connectivity index (χ4n) is 1.50. The monoisotopic (exact) mass is 205 g/mol. The Kier molecular flexibility index (Phi) is 2.45. The third-order valence-electron chi connectivity index (χ3n) is 2.48. The minimum Gasteiger partial charge on any atom is -0.396 e. The molecule has 2 rings (SSSR count). The molecule has 0 aromatic carbocycles. The van der Waals surface area contributed by atoms with E-state index < -0.39 is 0 Å². The van der Waals surface area contributed by atoms with E-state index in [-0.39, 0.29) is 0 Å². The van der Waals surface area contributed by atoms with Crippen molar-refractivity contribution >= 4 is 5.69 Å². The van der Waals surface area contributed by atoms with Crippen molar-refractivity contribution in [1.29, 1.82) is 0 Å². The molecule has 5 heteroatoms. The molecule has 0 unspecified atom stereocenters. The molecular formula is C10H15N5. The second kappa shape index (κ2) is 3.76. The fourth-order valence-corrected chi connectivity index (χ4v) is 1.50. The Hall–Kier alpha value is -1.78. The molecule has 0 aliphatic carbocycles. The molecule has 5 nitrogen and oxygen atoms in total. The van der Waals surface area contributed by atoms with Gasteiger partial charge in [0, 0.05) is 25.1 Å². The Bertz CT molecular complexity index is 435. The van der Waals surface area contributed by atoms with Gasteiger partial charge >= 0.3 is 0 Å². The van der Waals surface area contributed by atoms with E-state index in [1.54, 1.807) is 6.20 Å². The molecule has 2 aromatic heterocycles. The average molecular weight is 205 g/mol. The Labute approximate surface area is 88.5 Å². The van der Waals surface area contributed by atoms with E-state index >= 15 is 0 Å². The average Bonchev–Trinajstić information content (AvgIpc) is 2.72. The zero-order valence-corrected chi connectivity index (χ0v) is 9.01. The van der Waals surface area contributed by atoms with Crippen LogP contribution < -0.4 is 5.73 Å². The molecule has 0 saturated carbocycles. The molecule has 0 radical (unpaired) electrons. The minimum atomic E-state index is 0.748. The van der Waals surface area contributed by atoms with Gasteiger partial charge in [-0.1, -0.05) is 0 Å². The van der Waals surface area contributed by atoms with Crippen LogP contribution in [0.4, 0.5) is 5.69 Å². The Morgan fingerprint density at radius 1 is 1.33 bits per heavy atom. The number of imidazole rings is 1. The largest absolute Gasteiger partial charge is 0.396 e. The standard InChI is InChI=1S/C10H15N5/c1-8-10(11)7-15(13-8)6-5-14-4-3-12-9(14)2/h3-4,7H,5-6,11H2,1-2H3. The van der Waals surface area contributed by atoms with Gasteiger partial charge in [0.2, 0.25) is 0 Å². The van der Waals surface area contributed by atoms with Crippen molar-refractivity contribution in [3.05, 3.63) is 30.1 Å². The molecule has 0 saturated heterocycles. The zero-order valence-electron chi connectivity index (χ0n) is 9.01. The van der Waals surface area contributed by atoms with Gasteiger partial charge in [0.15, 0.2) is 0 Å². The van der Waals surface area contributed by atoms with Crippen molar-refractivity contribution in [3.8, 4) is 0 Å². The van der Waals surface area contributed by atoms with Crippen LogP contribution in [0.2, 0.25) is 0 Å². The first-order valence-corrected chi connectivity index (χ1v) is 4.94. The maximum absolute atomic E-state index is 5.72. The lowest BCUT2D eigenvalue weighted by molar-refractivity contribution is 0.524. The molecule has 2 N–H and O–H groups in total. The third kappa shape index (κ3) is 2.01. The second-order valence-electron chi connectivity index (χ2n) is 3.60. The lowest BCUT2D eigenvalue weighted by Gasteiger charge is -2.04. The SMILES string of the molecule is Cc1nn(CCn2ccnc2C)cc1N. The predicted octanol–water partition coefficient (Wildman–Crippen LogP) is 0.979. The third-order valence-corrected chi connectivity index (χ3v) is 2.48. The number of anilines is 1. The minimum absolute atomic E-state index is 0.748. The molecule has 0 fully saturated rings. The first-order valence-electron chi connectivity index (χ1n) is 4.94. The van der Waals surface area contributed by atoms with Crippen LogP contribution in [0.1, 0.15) is 11.5 Å². The highest BCUT2D eigenvalue weighted by atomic mass is 15.3. The normalized spacial score (nSPS) is 10.8. The maximum atomic E-state index is 5.72. The second-order valence-corrected chi connectivity index (χ2v) is 3.60. The molecule has 2 heterocycles. The topological polar surface area (TPSA) is 61.7 Å². The first kappa shape index (κ1) is 9.76. The van der Waals surface area contributed by atoms with Crippen LogP contribution in [0, 0.1) is 13.8 Å². The van der Waals surface area contributed by atoms with Crippen molar-refractivity contribution < 1.29 is 0 Å². The molecule has 0 bridgehead atoms. The van der Waals surface area contributed by atoms with Gasteiger partial charge in [0.25, 0.3) is 0 Å². The molecule has 80 valence electrons. The van der Waals surface area contributed by atoms with Crippen LogP contribution in [-0.2, 0) is 13.1 Å². The van der Waals surface area contributed by atoms with Gasteiger partial charge in [-0.3, -0.25) is 4.68 Å². The molecule has 15 heavy (non-hydrogen) atoms. The van der Waals surface area contributed by atoms with Gasteiger partial charge in [-0.05, 0) is 13.8 Å². The summed E-state index contributed by atoms with van der Waals surface area (Å²) >= 11 is 0. The highest BCUT2D eigenvalue weighted by molar-refractivity contribution is 5.39. The summed E-state index contributed by atoms with van der Waals surface area (Å²) in [4.78, 5) is 4.16. The van der Waals surface area contributed by atoms with Gasteiger partial charge < -0.3 is 10.3 Å². The lowest BCUT2D eigenvalue weighted by Crippen LogP contribution is -2.08. The molecular weight excluding hydrogens is 190 g/mol. The van der Waals surface area contributed by atoms with Crippen LogP contribution in [0.5, 0.6) is 0 Å². The Balaban J connectivity index is 2.02. The predicted molar refractivity (Wildman–Crippen MR) is 58.3 cm³/mol. The quantitative estimate of drug-likeness (QED) is 0.812. The molecule has 0 aliphatic heterocycles. The number of rotatable bonds is 3. The smallest absolute Gasteiger partial charge is 0.105 e. The van der Waals surface area contributed by atoms with E-state index in [2.05, 4.69) is 14.6 Å². The summed E-state index contributed by atoms with van der Waals surface area (Å²) in [5, 5.41) is 4.30. The number of nitrogens with two attached hydrogens (primary N) is 1. The summed E-state index contributed by atoms with van der Waals surface area (Å²) in [7, 11) is 0. The van der Waals surface area contributed by atoms with Crippen LogP contribution in [-0.4, -0.2) is 19.3 Å². The number of nitrogens with zero attached hydrogens (tertiary/aromatic N) is 4. The summed E-state index contributed by atoms with van der Waals surface area (Å²) in [5.74, 6) is 1.02. The van der Waals surface area contributed by atoms with E-state index in [0.717, 1.165) is 30.3 Å². The number of nitrogen functional groups attached to an aromatic ring is 1. The number of aryl methyl sites for hydroxylation is 4. The van der Waals surface area contributed by atoms with Crippen molar-refractivity contribution in [2.75, 3.05) is 5.73 Å². The molecule has 0 spiro atoms. The van der Waals surface area contributed by atoms with Crippen molar-refractivity contribution in [3.63, 3.8) is 0 Å². The summed E-state index contributed by atoms with van der Waals surface area (Å²) in [6.45, 7) is 5.58. The first-order chi connectivity index (χ1) is 7.16. The van der Waals surface area contributed by atoms with Crippen LogP contribution in [0.25, 0.3) is 0 Å². The Morgan fingerprint density at radius 3 is 2.67 bits per heavy atom. The van der Waals surface area contributed by atoms with Gasteiger partial charge in [-0.2, -0.15) is 5.10 Å². The fraction of sp³-hybridized carbons (Fsp3) is 0.400. The zero-order chi connectivity index (χ0) is 10.8. The van der Waals surface area contributed by atoms with E-state index in [4.69, 9.17) is 5.73 Å². The maximum Gasteiger partial charge on any atom is 0.105 e. The molecule has 2 aromatic rings. The van der Waals surface area contributed by atoms with Crippen LogP contribution in [0.3, 0.4) is 0 Å². The van der Waals surface area contributed by atoms with Crippen molar-refractivity contribution in [2.24, 2.45) is 0 Å². The summed E-state index contributed by atoms with van der Waals surface area (Å²) in [6.07, 6.45) is 5.63. The van der Waals surface area contributed by atoms with Crippen molar-refractivity contribution in [1.82, 2.24) is 19.3 Å². The molecule has 0 amide bonds. The number of hydrogen-bond donors (Lipinski definition) is 1. The summed E-state index contributed by atoms with van der Waals surface area (Å²) in [5.41, 5.74) is 7.35. The van der Waals surface area contributed by atoms with E-state index in [9.17, 15) is 0 Å². The van der Waals surface area contributed by atoms with Gasteiger partial charge in [-0.25, -0.2) is 4.98 Å². The summed E-state index contributed by atoms with van der Waals surface area (Å²) in [6, 6.07) is 0. The van der Waals surface area contributed by atoms with Crippen LogP contribution in [0.15, 0.2) is 18.6 Å². The molecule has 0 aliphatic rings. The highest BCUT2D eigenvalue weighted by Gasteiger charge is 2.01. The van der Waals surface area contributed by atoms with E-state index in [1.807, 2.05) is 30.9 Å².